The maximum absolute atomic E-state index is 2.48. The summed E-state index contributed by atoms with van der Waals surface area (Å²) in [5.41, 5.74) is 23.5. The predicted molar refractivity (Wildman–Crippen MR) is 316 cm³/mol. The number of fused-ring (bicyclic) bond motifs is 5. The fourth-order valence-electron chi connectivity index (χ4n) is 11.6. The topological polar surface area (TPSA) is 11.4 Å². The Labute approximate surface area is 438 Å². The fraction of sp³-hybridized carbons (Fsp3) is 0.0278. The van der Waals surface area contributed by atoms with E-state index in [9.17, 15) is 0 Å². The monoisotopic (exact) mass is 957 g/mol. The Bertz CT molecular complexity index is 4060. The lowest BCUT2D eigenvalue weighted by Gasteiger charge is -2.41. The Morgan fingerprint density at radius 2 is 0.773 bits per heavy atom. The van der Waals surface area contributed by atoms with Crippen LogP contribution in [0.15, 0.2) is 291 Å². The van der Waals surface area contributed by atoms with Gasteiger partial charge in [0.05, 0.1) is 33.8 Å². The highest BCUT2D eigenvalue weighted by Gasteiger charge is 2.32. The molecular formula is C72H51N3. The molecule has 0 spiro atoms. The van der Waals surface area contributed by atoms with E-state index in [1.165, 1.54) is 71.9 Å². The number of hydrogen-bond donors (Lipinski definition) is 0. The average Bonchev–Trinajstić information content (AvgIpc) is 3.84. The fourth-order valence-corrected chi connectivity index (χ4v) is 11.6. The van der Waals surface area contributed by atoms with Gasteiger partial charge in [0.1, 0.15) is 0 Å². The summed E-state index contributed by atoms with van der Waals surface area (Å²) in [5, 5.41) is 2.45. The van der Waals surface area contributed by atoms with Crippen LogP contribution in [0.2, 0.25) is 0 Å². The second-order valence-electron chi connectivity index (χ2n) is 19.7. The molecule has 0 radical (unpaired) electrons. The molecule has 0 saturated carbocycles. The van der Waals surface area contributed by atoms with Crippen LogP contribution in [0.25, 0.3) is 72.0 Å². The number of anilines is 6. The van der Waals surface area contributed by atoms with E-state index in [0.29, 0.717) is 0 Å². The molecule has 0 saturated heterocycles. The molecular weight excluding hydrogens is 907 g/mol. The van der Waals surface area contributed by atoms with Crippen molar-refractivity contribution in [2.75, 3.05) is 9.80 Å². The van der Waals surface area contributed by atoms with Crippen LogP contribution >= 0.6 is 0 Å². The third kappa shape index (κ3) is 8.03. The van der Waals surface area contributed by atoms with E-state index >= 15 is 0 Å². The predicted octanol–water partition coefficient (Wildman–Crippen LogP) is 19.7. The first-order valence-electron chi connectivity index (χ1n) is 26.0. The first-order chi connectivity index (χ1) is 37.2. The van der Waals surface area contributed by atoms with Gasteiger partial charge in [-0.3, -0.25) is 0 Å². The quantitative estimate of drug-likeness (QED) is 0.143. The van der Waals surface area contributed by atoms with Crippen molar-refractivity contribution in [1.82, 2.24) is 4.57 Å². The number of nitrogens with zero attached hydrogens (tertiary/aromatic N) is 3. The third-order valence-electron chi connectivity index (χ3n) is 15.2. The van der Waals surface area contributed by atoms with Crippen LogP contribution in [0, 0.1) is 0 Å². The summed E-state index contributed by atoms with van der Waals surface area (Å²) in [4.78, 5) is 4.90. The van der Waals surface area contributed by atoms with Gasteiger partial charge in [0, 0.05) is 33.8 Å². The molecule has 1 atom stereocenters. The van der Waals surface area contributed by atoms with Crippen molar-refractivity contribution in [1.29, 1.82) is 0 Å². The maximum atomic E-state index is 2.48. The number of hydrogen-bond acceptors (Lipinski definition) is 2. The van der Waals surface area contributed by atoms with Gasteiger partial charge in [0.25, 0.3) is 0 Å². The Morgan fingerprint density at radius 1 is 0.293 bits per heavy atom. The summed E-state index contributed by atoms with van der Waals surface area (Å²) in [6.45, 7) is 0. The van der Waals surface area contributed by atoms with Crippen LogP contribution in [0.3, 0.4) is 0 Å². The molecule has 3 nitrogen and oxygen atoms in total. The number of para-hydroxylation sites is 3. The summed E-state index contributed by atoms with van der Waals surface area (Å²) in [6, 6.07) is 102. The molecule has 0 bridgehead atoms. The van der Waals surface area contributed by atoms with Gasteiger partial charge in [0.15, 0.2) is 0 Å². The molecule has 1 aliphatic heterocycles. The van der Waals surface area contributed by atoms with Gasteiger partial charge in [0.2, 0.25) is 0 Å². The smallest absolute Gasteiger partial charge is 0.0724 e. The Morgan fingerprint density at radius 3 is 1.40 bits per heavy atom. The van der Waals surface area contributed by atoms with Gasteiger partial charge in [-0.2, -0.15) is 0 Å². The highest BCUT2D eigenvalue weighted by atomic mass is 15.3. The van der Waals surface area contributed by atoms with E-state index < -0.39 is 0 Å². The molecule has 0 amide bonds. The highest BCUT2D eigenvalue weighted by molar-refractivity contribution is 6.11. The van der Waals surface area contributed by atoms with E-state index in [2.05, 4.69) is 306 Å². The van der Waals surface area contributed by atoms with Crippen LogP contribution in [0.4, 0.5) is 34.1 Å². The molecule has 12 aromatic rings. The van der Waals surface area contributed by atoms with Crippen LogP contribution in [-0.2, 0) is 0 Å². The van der Waals surface area contributed by atoms with Gasteiger partial charge in [-0.05, 0) is 159 Å². The minimum absolute atomic E-state index is 0.268. The maximum Gasteiger partial charge on any atom is 0.0724 e. The standard InChI is InChI=1S/C72H51N3/c1-7-21-50(22-8-1)56-41-57(51-23-9-2-10-24-51)44-60(43-56)54-35-38-68-66(47-54)65-33-19-20-34-67(65)75(68)64-37-40-70-72(49-64)74(63-31-17-6-18-32-63)71-48-55(36-39-69(71)73(70)62-29-15-5-16-30-62)61-45-58(52-25-11-3-12-26-52)42-59(46-61)53-27-13-4-14-28-53/h1-40,42-49,56H,41H2. The molecule has 1 aromatic heterocycles. The van der Waals surface area contributed by atoms with Crippen LogP contribution in [0.1, 0.15) is 29.0 Å². The molecule has 0 N–H and O–H groups in total. The molecule has 11 aromatic carbocycles. The first-order valence-corrected chi connectivity index (χ1v) is 26.0. The Hall–Kier alpha value is -9.70. The van der Waals surface area contributed by atoms with Crippen molar-refractivity contribution in [3.8, 4) is 39.1 Å². The SMILES string of the molecule is C1=C(c2ccc3c(c2)c2ccccc2n3-c2ccc3c(c2)N(c2ccccc2)c2cc(-c4cc(-c5ccccc5)cc(-c5ccccc5)c4)ccc2N3c2ccccc2)C=C(c2ccccc2)CC1c1ccccc1. The van der Waals surface area contributed by atoms with Crippen molar-refractivity contribution in [2.24, 2.45) is 0 Å². The summed E-state index contributed by atoms with van der Waals surface area (Å²) in [7, 11) is 0. The van der Waals surface area contributed by atoms with E-state index in [-0.39, 0.29) is 5.92 Å². The highest BCUT2D eigenvalue weighted by Crippen LogP contribution is 2.56. The van der Waals surface area contributed by atoms with Gasteiger partial charge in [-0.25, -0.2) is 0 Å². The number of aromatic nitrogens is 1. The van der Waals surface area contributed by atoms with Crippen molar-refractivity contribution < 1.29 is 0 Å². The Kier molecular flexibility index (Phi) is 11.0. The molecule has 14 rings (SSSR count). The van der Waals surface area contributed by atoms with Gasteiger partial charge < -0.3 is 14.4 Å². The van der Waals surface area contributed by atoms with Gasteiger partial charge in [-0.15, -0.1) is 0 Å². The van der Waals surface area contributed by atoms with Crippen molar-refractivity contribution in [2.45, 2.75) is 12.3 Å². The average molecular weight is 958 g/mol. The van der Waals surface area contributed by atoms with Crippen molar-refractivity contribution >= 4 is 67.1 Å². The minimum atomic E-state index is 0.268. The molecule has 2 aliphatic rings. The minimum Gasteiger partial charge on any atom is -0.309 e. The summed E-state index contributed by atoms with van der Waals surface area (Å²) in [6.07, 6.45) is 5.86. The zero-order valence-corrected chi connectivity index (χ0v) is 41.3. The van der Waals surface area contributed by atoms with Crippen molar-refractivity contribution in [3.63, 3.8) is 0 Å². The number of benzene rings is 11. The zero-order chi connectivity index (χ0) is 49.7. The van der Waals surface area contributed by atoms with E-state index in [4.69, 9.17) is 0 Å². The largest absolute Gasteiger partial charge is 0.309 e. The number of allylic oxidation sites excluding steroid dienone is 4. The normalized spacial score (nSPS) is 14.1. The summed E-state index contributed by atoms with van der Waals surface area (Å²) >= 11 is 0. The molecule has 1 aliphatic carbocycles. The van der Waals surface area contributed by atoms with Crippen LogP contribution in [0.5, 0.6) is 0 Å². The van der Waals surface area contributed by atoms with Crippen molar-refractivity contribution in [3.05, 3.63) is 308 Å². The second-order valence-corrected chi connectivity index (χ2v) is 19.7. The summed E-state index contributed by atoms with van der Waals surface area (Å²) in [5.74, 6) is 0.268. The molecule has 75 heavy (non-hydrogen) atoms. The second kappa shape index (κ2) is 18.7. The molecule has 2 heterocycles. The van der Waals surface area contributed by atoms with E-state index in [1.54, 1.807) is 0 Å². The van der Waals surface area contributed by atoms with E-state index in [0.717, 1.165) is 57.4 Å². The molecule has 0 fully saturated rings. The van der Waals surface area contributed by atoms with Gasteiger partial charge >= 0.3 is 0 Å². The van der Waals surface area contributed by atoms with Crippen LogP contribution < -0.4 is 9.80 Å². The Balaban J connectivity index is 0.945. The first kappa shape index (κ1) is 44.0. The molecule has 3 heteroatoms. The molecule has 1 unspecified atom stereocenters. The zero-order valence-electron chi connectivity index (χ0n) is 41.3. The lowest BCUT2D eigenvalue weighted by Crippen LogP contribution is -2.24. The third-order valence-corrected chi connectivity index (χ3v) is 15.2. The summed E-state index contributed by atoms with van der Waals surface area (Å²) < 4.78 is 2.46. The number of rotatable bonds is 9. The lowest BCUT2D eigenvalue weighted by molar-refractivity contribution is 0.871. The lowest BCUT2D eigenvalue weighted by atomic mass is 9.81. The van der Waals surface area contributed by atoms with Crippen LogP contribution in [-0.4, -0.2) is 4.57 Å². The molecule has 354 valence electrons. The van der Waals surface area contributed by atoms with E-state index in [1.807, 2.05) is 0 Å². The van der Waals surface area contributed by atoms with Gasteiger partial charge in [-0.1, -0.05) is 200 Å².